The van der Waals surface area contributed by atoms with Crippen LogP contribution in [0.4, 0.5) is 5.95 Å². The second-order valence-corrected chi connectivity index (χ2v) is 8.01. The number of aromatic nitrogens is 4. The molecule has 0 bridgehead atoms. The first-order valence-corrected chi connectivity index (χ1v) is 9.50. The molecule has 2 aliphatic rings. The average molecular weight is 375 g/mol. The van der Waals surface area contributed by atoms with Gasteiger partial charge in [0.25, 0.3) is 0 Å². The topological polar surface area (TPSA) is 86.8 Å². The van der Waals surface area contributed by atoms with Crippen LogP contribution in [0.5, 0.6) is 0 Å². The van der Waals surface area contributed by atoms with Crippen molar-refractivity contribution in [3.05, 3.63) is 34.9 Å². The number of amides is 1. The zero-order valence-corrected chi connectivity index (χ0v) is 15.5. The van der Waals surface area contributed by atoms with E-state index < -0.39 is 0 Å². The zero-order chi connectivity index (χ0) is 18.1. The van der Waals surface area contributed by atoms with Gasteiger partial charge in [0.15, 0.2) is 0 Å². The van der Waals surface area contributed by atoms with Gasteiger partial charge in [-0.3, -0.25) is 4.79 Å². The molecule has 138 valence electrons. The van der Waals surface area contributed by atoms with Gasteiger partial charge in [0.05, 0.1) is 5.41 Å². The van der Waals surface area contributed by atoms with Crippen LogP contribution in [0.1, 0.15) is 38.2 Å². The van der Waals surface area contributed by atoms with Crippen molar-refractivity contribution in [3.8, 4) is 0 Å². The lowest BCUT2D eigenvalue weighted by atomic mass is 9.94. The van der Waals surface area contributed by atoms with E-state index in [0.29, 0.717) is 23.4 Å². The molecular formula is C18H23ClN6O. The number of aromatic amines is 1. The standard InChI is InChI=1S/C18H23ClN6O/c1-12-2-7-15(11-25(10-12)17-21-23-24-22-17)20-16(26)18(8-9-18)13-3-5-14(19)6-4-13/h3-6,12,15H,2,7-11H2,1H3,(H,20,26)(H,21,22,23,24). The third kappa shape index (κ3) is 3.40. The van der Waals surface area contributed by atoms with Gasteiger partial charge in [-0.25, -0.2) is 5.10 Å². The Kier molecular flexibility index (Phi) is 4.56. The minimum atomic E-state index is -0.388. The second kappa shape index (κ2) is 6.87. The van der Waals surface area contributed by atoms with Crippen LogP contribution in [0, 0.1) is 5.92 Å². The molecule has 2 aromatic rings. The minimum Gasteiger partial charge on any atom is -0.351 e. The molecule has 2 N–H and O–H groups in total. The number of carbonyl (C=O) groups excluding carboxylic acids is 1. The highest BCUT2D eigenvalue weighted by Crippen LogP contribution is 2.48. The van der Waals surface area contributed by atoms with E-state index in [9.17, 15) is 4.79 Å². The number of rotatable bonds is 4. The number of nitrogens with zero attached hydrogens (tertiary/aromatic N) is 4. The summed E-state index contributed by atoms with van der Waals surface area (Å²) in [6.45, 7) is 3.81. The van der Waals surface area contributed by atoms with Gasteiger partial charge < -0.3 is 10.2 Å². The van der Waals surface area contributed by atoms with Crippen molar-refractivity contribution < 1.29 is 4.79 Å². The predicted molar refractivity (Wildman–Crippen MR) is 99.1 cm³/mol. The number of nitrogens with one attached hydrogen (secondary N) is 2. The third-order valence-corrected chi connectivity index (χ3v) is 5.78. The Morgan fingerprint density at radius 1 is 1.27 bits per heavy atom. The predicted octanol–water partition coefficient (Wildman–Crippen LogP) is 2.31. The smallest absolute Gasteiger partial charge is 0.242 e. The van der Waals surface area contributed by atoms with Gasteiger partial charge in [-0.15, -0.1) is 0 Å². The summed E-state index contributed by atoms with van der Waals surface area (Å²) in [7, 11) is 0. The summed E-state index contributed by atoms with van der Waals surface area (Å²) in [4.78, 5) is 15.2. The maximum Gasteiger partial charge on any atom is 0.242 e. The van der Waals surface area contributed by atoms with Crippen molar-refractivity contribution in [1.82, 2.24) is 25.9 Å². The summed E-state index contributed by atoms with van der Waals surface area (Å²) in [6.07, 6.45) is 3.80. The maximum absolute atomic E-state index is 13.1. The van der Waals surface area contributed by atoms with Gasteiger partial charge in [-0.1, -0.05) is 35.8 Å². The summed E-state index contributed by atoms with van der Waals surface area (Å²) < 4.78 is 0. The number of carbonyl (C=O) groups is 1. The van der Waals surface area contributed by atoms with Crippen molar-refractivity contribution in [2.75, 3.05) is 18.0 Å². The molecule has 2 unspecified atom stereocenters. The molecule has 1 aliphatic heterocycles. The Morgan fingerprint density at radius 2 is 2.04 bits per heavy atom. The molecule has 0 radical (unpaired) electrons. The minimum absolute atomic E-state index is 0.0855. The van der Waals surface area contributed by atoms with Gasteiger partial charge in [-0.05, 0) is 59.7 Å². The number of tetrazole rings is 1. The fourth-order valence-corrected chi connectivity index (χ4v) is 3.95. The average Bonchev–Trinajstić information content (AvgIpc) is 3.30. The van der Waals surface area contributed by atoms with Gasteiger partial charge in [0.1, 0.15) is 0 Å². The van der Waals surface area contributed by atoms with E-state index in [4.69, 9.17) is 11.6 Å². The second-order valence-electron chi connectivity index (χ2n) is 7.57. The molecular weight excluding hydrogens is 352 g/mol. The summed E-state index contributed by atoms with van der Waals surface area (Å²) in [5, 5.41) is 18.2. The molecule has 8 heteroatoms. The number of hydrogen-bond donors (Lipinski definition) is 2. The van der Waals surface area contributed by atoms with Crippen molar-refractivity contribution in [1.29, 1.82) is 0 Å². The number of anilines is 1. The molecule has 1 aromatic carbocycles. The third-order valence-electron chi connectivity index (χ3n) is 5.53. The quantitative estimate of drug-likeness (QED) is 0.857. The van der Waals surface area contributed by atoms with Crippen LogP contribution < -0.4 is 10.2 Å². The van der Waals surface area contributed by atoms with Gasteiger partial charge in [-0.2, -0.15) is 0 Å². The highest BCUT2D eigenvalue weighted by Gasteiger charge is 2.51. The van der Waals surface area contributed by atoms with Crippen LogP contribution in [-0.4, -0.2) is 45.7 Å². The lowest BCUT2D eigenvalue weighted by Crippen LogP contribution is -2.46. The van der Waals surface area contributed by atoms with Crippen molar-refractivity contribution >= 4 is 23.5 Å². The molecule has 26 heavy (non-hydrogen) atoms. The lowest BCUT2D eigenvalue weighted by molar-refractivity contribution is -0.124. The number of halogens is 1. The Labute approximate surface area is 157 Å². The first-order valence-electron chi connectivity index (χ1n) is 9.12. The monoisotopic (exact) mass is 374 g/mol. The van der Waals surface area contributed by atoms with E-state index in [-0.39, 0.29) is 17.4 Å². The SMILES string of the molecule is CC1CCC(NC(=O)C2(c3ccc(Cl)cc3)CC2)CN(c2nnn[nH]2)C1. The Balaban J connectivity index is 1.47. The highest BCUT2D eigenvalue weighted by molar-refractivity contribution is 6.30. The Hall–Kier alpha value is -2.15. The summed E-state index contributed by atoms with van der Waals surface area (Å²) >= 11 is 5.99. The largest absolute Gasteiger partial charge is 0.351 e. The van der Waals surface area contributed by atoms with Crippen molar-refractivity contribution in [2.45, 2.75) is 44.1 Å². The molecule has 1 aromatic heterocycles. The highest BCUT2D eigenvalue weighted by atomic mass is 35.5. The number of hydrogen-bond acceptors (Lipinski definition) is 5. The number of benzene rings is 1. The van der Waals surface area contributed by atoms with Crippen LogP contribution in [0.3, 0.4) is 0 Å². The van der Waals surface area contributed by atoms with Crippen LogP contribution in [0.25, 0.3) is 0 Å². The Bertz CT molecular complexity index is 758. The molecule has 4 rings (SSSR count). The molecule has 1 saturated carbocycles. The van der Waals surface area contributed by atoms with E-state index >= 15 is 0 Å². The van der Waals surface area contributed by atoms with E-state index in [1.807, 2.05) is 24.3 Å². The Morgan fingerprint density at radius 3 is 2.69 bits per heavy atom. The molecule has 2 heterocycles. The summed E-state index contributed by atoms with van der Waals surface area (Å²) in [6, 6.07) is 7.74. The maximum atomic E-state index is 13.1. The fourth-order valence-electron chi connectivity index (χ4n) is 3.83. The molecule has 0 spiro atoms. The zero-order valence-electron chi connectivity index (χ0n) is 14.8. The number of H-pyrrole nitrogens is 1. The summed E-state index contributed by atoms with van der Waals surface area (Å²) in [5.41, 5.74) is 0.666. The van der Waals surface area contributed by atoms with Gasteiger partial charge in [0, 0.05) is 24.2 Å². The van der Waals surface area contributed by atoms with Crippen LogP contribution in [-0.2, 0) is 10.2 Å². The van der Waals surface area contributed by atoms with E-state index in [1.54, 1.807) is 0 Å². The normalized spacial score (nSPS) is 24.8. The van der Waals surface area contributed by atoms with Crippen LogP contribution in [0.15, 0.2) is 24.3 Å². The first kappa shape index (κ1) is 17.3. The van der Waals surface area contributed by atoms with Crippen LogP contribution in [0.2, 0.25) is 5.02 Å². The van der Waals surface area contributed by atoms with Crippen molar-refractivity contribution in [3.63, 3.8) is 0 Å². The first-order chi connectivity index (χ1) is 12.6. The fraction of sp³-hybridized carbons (Fsp3) is 0.556. The summed E-state index contributed by atoms with van der Waals surface area (Å²) in [5.74, 6) is 1.31. The molecule has 1 amide bonds. The van der Waals surface area contributed by atoms with Crippen LogP contribution >= 0.6 is 11.6 Å². The van der Waals surface area contributed by atoms with E-state index in [2.05, 4.69) is 37.8 Å². The van der Waals surface area contributed by atoms with Crippen molar-refractivity contribution in [2.24, 2.45) is 5.92 Å². The molecule has 2 fully saturated rings. The van der Waals surface area contributed by atoms with Gasteiger partial charge in [0.2, 0.25) is 11.9 Å². The molecule has 2 atom stereocenters. The van der Waals surface area contributed by atoms with Gasteiger partial charge >= 0.3 is 0 Å². The lowest BCUT2D eigenvalue weighted by Gasteiger charge is -2.26. The molecule has 1 saturated heterocycles. The van der Waals surface area contributed by atoms with E-state index in [1.165, 1.54) is 0 Å². The molecule has 1 aliphatic carbocycles. The van der Waals surface area contributed by atoms with E-state index in [0.717, 1.165) is 37.8 Å². The molecule has 7 nitrogen and oxygen atoms in total.